The third-order valence-corrected chi connectivity index (χ3v) is 10.9. The summed E-state index contributed by atoms with van der Waals surface area (Å²) in [5.74, 6) is 0. The van der Waals surface area contributed by atoms with E-state index in [0.29, 0.717) is 0 Å². The lowest BCUT2D eigenvalue weighted by molar-refractivity contribution is 1.54. The molecule has 0 heterocycles. The van der Waals surface area contributed by atoms with Gasteiger partial charge >= 0.3 is 0 Å². The van der Waals surface area contributed by atoms with E-state index in [1.165, 1.54) is 99.4 Å². The van der Waals surface area contributed by atoms with E-state index in [-0.39, 0.29) is 0 Å². The zero-order chi connectivity index (χ0) is 37.8. The second-order valence-electron chi connectivity index (χ2n) is 14.3. The van der Waals surface area contributed by atoms with Gasteiger partial charge in [-0.3, -0.25) is 0 Å². The molecule has 9 aromatic carbocycles. The van der Waals surface area contributed by atoms with Crippen LogP contribution in [0.2, 0.25) is 0 Å². The maximum Gasteiger partial charge on any atom is -0.00261 e. The molecule has 9 rings (SSSR count). The summed E-state index contributed by atoms with van der Waals surface area (Å²) in [5, 5.41) is 5.02. The summed E-state index contributed by atoms with van der Waals surface area (Å²) >= 11 is 0. The zero-order valence-corrected chi connectivity index (χ0v) is 31.8. The monoisotopic (exact) mass is 714 g/mol. The number of rotatable bonds is 8. The molecule has 0 saturated carbocycles. The van der Waals surface area contributed by atoms with Gasteiger partial charge in [-0.15, -0.1) is 0 Å². The lowest BCUT2D eigenvalue weighted by Crippen LogP contribution is -1.93. The van der Waals surface area contributed by atoms with E-state index in [4.69, 9.17) is 0 Å². The van der Waals surface area contributed by atoms with Crippen molar-refractivity contribution >= 4 is 27.1 Å². The molecule has 0 nitrogen and oxygen atoms in total. The molecule has 0 radical (unpaired) electrons. The van der Waals surface area contributed by atoms with Crippen molar-refractivity contribution in [3.8, 4) is 66.8 Å². The molecule has 0 spiro atoms. The van der Waals surface area contributed by atoms with Crippen LogP contribution in [0.25, 0.3) is 93.9 Å². The van der Waals surface area contributed by atoms with Gasteiger partial charge in [-0.05, 0) is 138 Å². The van der Waals surface area contributed by atoms with E-state index < -0.39 is 0 Å². The standard InChI is InChI=1S/C56H42/c1-3-18-39(4-2)42-23-16-27-46(36-42)49-34-33-48(38-54(49)47-28-17-26-45(37-47)44-25-15-24-43(35-44)40-19-7-5-8-20-40)56-52-31-13-11-29-50(52)55(41-21-9-6-10-22-41)51-30-12-14-32-53(51)56/h3-38H,1-2H3/b18-3-,39-4+. The van der Waals surface area contributed by atoms with Gasteiger partial charge in [0.25, 0.3) is 0 Å². The van der Waals surface area contributed by atoms with Crippen molar-refractivity contribution in [2.75, 3.05) is 0 Å². The van der Waals surface area contributed by atoms with Crippen molar-refractivity contribution in [1.29, 1.82) is 0 Å². The Morgan fingerprint density at radius 3 is 1.34 bits per heavy atom. The third-order valence-electron chi connectivity index (χ3n) is 10.9. The van der Waals surface area contributed by atoms with Crippen molar-refractivity contribution in [2.45, 2.75) is 13.8 Å². The number of hydrogen-bond acceptors (Lipinski definition) is 0. The second kappa shape index (κ2) is 15.4. The molecule has 0 aliphatic rings. The van der Waals surface area contributed by atoms with Crippen LogP contribution < -0.4 is 0 Å². The minimum absolute atomic E-state index is 1.18. The fourth-order valence-electron chi connectivity index (χ4n) is 8.33. The number of hydrogen-bond donors (Lipinski definition) is 0. The molecule has 0 atom stereocenters. The fourth-order valence-corrected chi connectivity index (χ4v) is 8.33. The lowest BCUT2D eigenvalue weighted by atomic mass is 9.84. The number of fused-ring (bicyclic) bond motifs is 2. The van der Waals surface area contributed by atoms with Crippen molar-refractivity contribution in [2.24, 2.45) is 0 Å². The van der Waals surface area contributed by atoms with E-state index in [2.05, 4.69) is 232 Å². The highest BCUT2D eigenvalue weighted by Gasteiger charge is 2.19. The number of allylic oxidation sites excluding steroid dienone is 4. The first kappa shape index (κ1) is 34.7. The van der Waals surface area contributed by atoms with Gasteiger partial charge in [0.05, 0.1) is 0 Å². The first-order chi connectivity index (χ1) is 27.7. The van der Waals surface area contributed by atoms with Crippen LogP contribution in [-0.2, 0) is 0 Å². The van der Waals surface area contributed by atoms with Gasteiger partial charge in [0.15, 0.2) is 0 Å². The maximum absolute atomic E-state index is 2.43. The first-order valence-corrected chi connectivity index (χ1v) is 19.5. The molecule has 0 heteroatoms. The summed E-state index contributed by atoms with van der Waals surface area (Å²) in [6.07, 6.45) is 6.48. The van der Waals surface area contributed by atoms with Crippen molar-refractivity contribution in [3.05, 3.63) is 224 Å². The highest BCUT2D eigenvalue weighted by Crippen LogP contribution is 2.46. The molecular weight excluding hydrogens is 673 g/mol. The predicted molar refractivity (Wildman–Crippen MR) is 243 cm³/mol. The average Bonchev–Trinajstić information content (AvgIpc) is 3.28. The quantitative estimate of drug-likeness (QED) is 0.109. The van der Waals surface area contributed by atoms with Gasteiger partial charge in [0.1, 0.15) is 0 Å². The Labute approximate surface area is 330 Å². The van der Waals surface area contributed by atoms with Crippen LogP contribution >= 0.6 is 0 Å². The highest BCUT2D eigenvalue weighted by molar-refractivity contribution is 6.21. The molecule has 266 valence electrons. The van der Waals surface area contributed by atoms with Gasteiger partial charge in [0.2, 0.25) is 0 Å². The van der Waals surface area contributed by atoms with Gasteiger partial charge in [-0.25, -0.2) is 0 Å². The molecule has 0 aromatic heterocycles. The molecule has 0 unspecified atom stereocenters. The second-order valence-corrected chi connectivity index (χ2v) is 14.3. The Bertz CT molecular complexity index is 2850. The molecule has 0 bridgehead atoms. The van der Waals surface area contributed by atoms with Gasteiger partial charge in [-0.1, -0.05) is 194 Å². The van der Waals surface area contributed by atoms with Crippen LogP contribution in [0.4, 0.5) is 0 Å². The van der Waals surface area contributed by atoms with E-state index in [0.717, 1.165) is 0 Å². The Morgan fingerprint density at radius 2 is 0.768 bits per heavy atom. The molecule has 9 aromatic rings. The molecule has 0 amide bonds. The summed E-state index contributed by atoms with van der Waals surface area (Å²) in [4.78, 5) is 0. The summed E-state index contributed by atoms with van der Waals surface area (Å²) in [7, 11) is 0. The lowest BCUT2D eigenvalue weighted by Gasteiger charge is -2.20. The fraction of sp³-hybridized carbons (Fsp3) is 0.0357. The SMILES string of the molecule is C/C=C\C(=C/C)c1cccc(-c2ccc(-c3c4ccccc4c(-c4ccccc4)c4ccccc34)cc2-c2cccc(-c3cccc(-c4ccccc4)c3)c2)c1. The predicted octanol–water partition coefficient (Wildman–Crippen LogP) is 16.0. The normalized spacial score (nSPS) is 11.8. The minimum atomic E-state index is 1.18. The van der Waals surface area contributed by atoms with Crippen LogP contribution in [0.3, 0.4) is 0 Å². The molecule has 0 aliphatic heterocycles. The highest BCUT2D eigenvalue weighted by atomic mass is 14.2. The maximum atomic E-state index is 2.43. The Hall–Kier alpha value is -7.02. The Morgan fingerprint density at radius 1 is 0.321 bits per heavy atom. The molecule has 0 N–H and O–H groups in total. The van der Waals surface area contributed by atoms with Crippen LogP contribution in [0.5, 0.6) is 0 Å². The molecular formula is C56H42. The van der Waals surface area contributed by atoms with E-state index >= 15 is 0 Å². The van der Waals surface area contributed by atoms with E-state index in [9.17, 15) is 0 Å². The smallest absolute Gasteiger partial charge is 0.00261 e. The van der Waals surface area contributed by atoms with Crippen LogP contribution in [0.15, 0.2) is 218 Å². The third kappa shape index (κ3) is 6.57. The van der Waals surface area contributed by atoms with Gasteiger partial charge < -0.3 is 0 Å². The Kier molecular flexibility index (Phi) is 9.54. The van der Waals surface area contributed by atoms with Crippen LogP contribution in [0, 0.1) is 0 Å². The van der Waals surface area contributed by atoms with Gasteiger partial charge in [0, 0.05) is 0 Å². The van der Waals surface area contributed by atoms with Crippen LogP contribution in [0.1, 0.15) is 19.4 Å². The minimum Gasteiger partial charge on any atom is -0.0871 e. The first-order valence-electron chi connectivity index (χ1n) is 19.5. The van der Waals surface area contributed by atoms with Crippen LogP contribution in [-0.4, -0.2) is 0 Å². The van der Waals surface area contributed by atoms with E-state index in [1.54, 1.807) is 0 Å². The summed E-state index contributed by atoms with van der Waals surface area (Å²) in [5.41, 5.74) is 17.0. The number of benzene rings is 9. The largest absolute Gasteiger partial charge is 0.0871 e. The molecule has 0 fully saturated rings. The topological polar surface area (TPSA) is 0 Å². The molecule has 56 heavy (non-hydrogen) atoms. The summed E-state index contributed by atoms with van der Waals surface area (Å²) in [6, 6.07) is 73.3. The van der Waals surface area contributed by atoms with E-state index in [1.807, 2.05) is 0 Å². The summed E-state index contributed by atoms with van der Waals surface area (Å²) < 4.78 is 0. The zero-order valence-electron chi connectivity index (χ0n) is 31.8. The molecule has 0 aliphatic carbocycles. The van der Waals surface area contributed by atoms with Crippen molar-refractivity contribution < 1.29 is 0 Å². The summed E-state index contributed by atoms with van der Waals surface area (Å²) in [6.45, 7) is 4.19. The van der Waals surface area contributed by atoms with Gasteiger partial charge in [-0.2, -0.15) is 0 Å². The molecule has 0 saturated heterocycles. The van der Waals surface area contributed by atoms with Crippen molar-refractivity contribution in [1.82, 2.24) is 0 Å². The van der Waals surface area contributed by atoms with Crippen molar-refractivity contribution in [3.63, 3.8) is 0 Å². The Balaban J connectivity index is 1.28. The average molecular weight is 715 g/mol.